The minimum Gasteiger partial charge on any atom is -0.355 e. The van der Waals surface area contributed by atoms with Gasteiger partial charge < -0.3 is 9.84 Å². The number of piperidine rings is 1. The highest BCUT2D eigenvalue weighted by Gasteiger charge is 2.23. The zero-order valence-electron chi connectivity index (χ0n) is 16.3. The predicted octanol–water partition coefficient (Wildman–Crippen LogP) is 4.72. The molecule has 1 atom stereocenters. The Labute approximate surface area is 177 Å². The lowest BCUT2D eigenvalue weighted by Crippen LogP contribution is -2.40. The Kier molecular flexibility index (Phi) is 7.44. The summed E-state index contributed by atoms with van der Waals surface area (Å²) in [5.41, 5.74) is 2.45. The maximum absolute atomic E-state index is 12.7. The first-order valence-corrected chi connectivity index (χ1v) is 9.90. The van der Waals surface area contributed by atoms with E-state index in [2.05, 4.69) is 39.6 Å². The second-order valence-electron chi connectivity index (χ2n) is 7.18. The van der Waals surface area contributed by atoms with Gasteiger partial charge in [0, 0.05) is 18.2 Å². The molecule has 4 rings (SSSR count). The summed E-state index contributed by atoms with van der Waals surface area (Å²) >= 11 is 0. The normalized spacial score (nSPS) is 15.3. The number of hydrogen-bond acceptors (Lipinski definition) is 4. The summed E-state index contributed by atoms with van der Waals surface area (Å²) < 4.78 is 5.36. The highest BCUT2D eigenvalue weighted by Crippen LogP contribution is 2.24. The fraction of sp³-hybridized carbons (Fsp3) is 0.304. The molecule has 1 aromatic heterocycles. The van der Waals surface area contributed by atoms with Crippen molar-refractivity contribution >= 4 is 18.3 Å². The van der Waals surface area contributed by atoms with E-state index in [1.807, 2.05) is 36.4 Å². The van der Waals surface area contributed by atoms with Gasteiger partial charge in [-0.15, -0.1) is 12.4 Å². The zero-order valence-corrected chi connectivity index (χ0v) is 17.1. The van der Waals surface area contributed by atoms with Crippen molar-refractivity contribution in [1.82, 2.24) is 15.4 Å². The van der Waals surface area contributed by atoms with Gasteiger partial charge in [0.05, 0.1) is 6.04 Å². The number of nitrogens with zero attached hydrogens (tertiary/aromatic N) is 2. The van der Waals surface area contributed by atoms with Gasteiger partial charge in [-0.25, -0.2) is 0 Å². The molecule has 0 spiro atoms. The first-order valence-electron chi connectivity index (χ1n) is 9.90. The molecule has 0 bridgehead atoms. The van der Waals surface area contributed by atoms with Crippen molar-refractivity contribution in [3.05, 3.63) is 78.0 Å². The molecule has 29 heavy (non-hydrogen) atoms. The van der Waals surface area contributed by atoms with E-state index in [1.54, 1.807) is 6.07 Å². The van der Waals surface area contributed by atoms with Gasteiger partial charge in [0.2, 0.25) is 0 Å². The lowest BCUT2D eigenvalue weighted by atomic mass is 10.0. The predicted molar refractivity (Wildman–Crippen MR) is 116 cm³/mol. The Balaban J connectivity index is 0.00000240. The quantitative estimate of drug-likeness (QED) is 0.637. The fourth-order valence-corrected chi connectivity index (χ4v) is 3.76. The van der Waals surface area contributed by atoms with Crippen LogP contribution in [0.25, 0.3) is 11.3 Å². The number of carbonyl (C=O) groups excluding carboxylic acids is 1. The second-order valence-corrected chi connectivity index (χ2v) is 7.18. The molecule has 1 saturated heterocycles. The van der Waals surface area contributed by atoms with Crippen molar-refractivity contribution in [3.8, 4) is 11.3 Å². The molecular formula is C23H26ClN3O2. The Morgan fingerprint density at radius 3 is 2.34 bits per heavy atom. The van der Waals surface area contributed by atoms with Crippen LogP contribution in [0.2, 0.25) is 0 Å². The third kappa shape index (κ3) is 5.25. The first-order chi connectivity index (χ1) is 13.8. The van der Waals surface area contributed by atoms with E-state index in [0.29, 0.717) is 18.0 Å². The van der Waals surface area contributed by atoms with E-state index < -0.39 is 0 Å². The molecule has 1 amide bonds. The van der Waals surface area contributed by atoms with Crippen molar-refractivity contribution in [3.63, 3.8) is 0 Å². The van der Waals surface area contributed by atoms with E-state index in [-0.39, 0.29) is 24.4 Å². The molecule has 2 aromatic carbocycles. The third-order valence-corrected chi connectivity index (χ3v) is 5.27. The number of hydrogen-bond donors (Lipinski definition) is 1. The average Bonchev–Trinajstić information content (AvgIpc) is 3.26. The lowest BCUT2D eigenvalue weighted by Gasteiger charge is -2.35. The summed E-state index contributed by atoms with van der Waals surface area (Å²) in [6, 6.07) is 21.9. The van der Waals surface area contributed by atoms with E-state index in [0.717, 1.165) is 18.7 Å². The van der Waals surface area contributed by atoms with Gasteiger partial charge >= 0.3 is 0 Å². The van der Waals surface area contributed by atoms with Crippen molar-refractivity contribution in [2.45, 2.75) is 25.3 Å². The fourth-order valence-electron chi connectivity index (χ4n) is 3.76. The number of rotatable bonds is 6. The van der Waals surface area contributed by atoms with Crippen LogP contribution in [0.4, 0.5) is 0 Å². The number of aromatic nitrogens is 1. The molecule has 1 aliphatic heterocycles. The van der Waals surface area contributed by atoms with Gasteiger partial charge in [0.15, 0.2) is 11.5 Å². The van der Waals surface area contributed by atoms with Crippen molar-refractivity contribution < 1.29 is 9.32 Å². The lowest BCUT2D eigenvalue weighted by molar-refractivity contribution is 0.0915. The molecule has 2 heterocycles. The van der Waals surface area contributed by atoms with Gasteiger partial charge in [-0.2, -0.15) is 0 Å². The smallest absolute Gasteiger partial charge is 0.273 e. The van der Waals surface area contributed by atoms with Crippen LogP contribution in [0.3, 0.4) is 0 Å². The number of carbonyl (C=O) groups is 1. The van der Waals surface area contributed by atoms with Crippen LogP contribution in [0.15, 0.2) is 71.3 Å². The number of amides is 1. The topological polar surface area (TPSA) is 58.4 Å². The summed E-state index contributed by atoms with van der Waals surface area (Å²) in [6.45, 7) is 2.69. The van der Waals surface area contributed by atoms with Crippen LogP contribution >= 0.6 is 12.4 Å². The summed E-state index contributed by atoms with van der Waals surface area (Å²) in [4.78, 5) is 15.1. The van der Waals surface area contributed by atoms with Gasteiger partial charge in [0.1, 0.15) is 0 Å². The van der Waals surface area contributed by atoms with Crippen LogP contribution in [0.1, 0.15) is 41.4 Å². The molecule has 0 radical (unpaired) electrons. The molecule has 6 heteroatoms. The van der Waals surface area contributed by atoms with Gasteiger partial charge in [-0.1, -0.05) is 72.2 Å². The van der Waals surface area contributed by atoms with E-state index >= 15 is 0 Å². The maximum atomic E-state index is 12.7. The molecule has 0 saturated carbocycles. The Bertz CT molecular complexity index is 893. The van der Waals surface area contributed by atoms with Crippen molar-refractivity contribution in [2.75, 3.05) is 19.6 Å². The highest BCUT2D eigenvalue weighted by molar-refractivity contribution is 5.93. The Morgan fingerprint density at radius 1 is 1.00 bits per heavy atom. The summed E-state index contributed by atoms with van der Waals surface area (Å²) in [5, 5.41) is 7.01. The maximum Gasteiger partial charge on any atom is 0.273 e. The molecular weight excluding hydrogens is 386 g/mol. The van der Waals surface area contributed by atoms with Gasteiger partial charge in [-0.3, -0.25) is 9.69 Å². The molecule has 152 valence electrons. The van der Waals surface area contributed by atoms with Crippen LogP contribution in [-0.4, -0.2) is 35.6 Å². The van der Waals surface area contributed by atoms with Crippen LogP contribution in [-0.2, 0) is 0 Å². The Hall–Kier alpha value is -2.63. The third-order valence-electron chi connectivity index (χ3n) is 5.27. The van der Waals surface area contributed by atoms with Gasteiger partial charge in [0.25, 0.3) is 5.91 Å². The molecule has 1 fully saturated rings. The number of benzene rings is 2. The SMILES string of the molecule is Cl.O=C(NCC(c1ccccc1)N1CCCCC1)c1cc(-c2ccccc2)on1. The van der Waals surface area contributed by atoms with E-state index in [1.165, 1.54) is 24.8 Å². The zero-order chi connectivity index (χ0) is 19.2. The highest BCUT2D eigenvalue weighted by atomic mass is 35.5. The summed E-state index contributed by atoms with van der Waals surface area (Å²) in [6.07, 6.45) is 3.70. The monoisotopic (exact) mass is 411 g/mol. The number of halogens is 1. The molecule has 1 unspecified atom stereocenters. The van der Waals surface area contributed by atoms with Crippen LogP contribution in [0, 0.1) is 0 Å². The number of nitrogens with one attached hydrogen (secondary N) is 1. The van der Waals surface area contributed by atoms with E-state index in [9.17, 15) is 4.79 Å². The number of likely N-dealkylation sites (tertiary alicyclic amines) is 1. The minimum atomic E-state index is -0.205. The van der Waals surface area contributed by atoms with Crippen molar-refractivity contribution in [2.24, 2.45) is 0 Å². The standard InChI is InChI=1S/C23H25N3O2.ClH/c27-23(20-16-22(28-25-20)19-12-6-2-7-13-19)24-17-21(18-10-4-1-5-11-18)26-14-8-3-9-15-26;/h1-2,4-7,10-13,16,21H,3,8-9,14-15,17H2,(H,24,27);1H. The largest absolute Gasteiger partial charge is 0.355 e. The molecule has 1 aliphatic rings. The Morgan fingerprint density at radius 2 is 1.66 bits per heavy atom. The van der Waals surface area contributed by atoms with Crippen LogP contribution in [0.5, 0.6) is 0 Å². The summed E-state index contributed by atoms with van der Waals surface area (Å²) in [7, 11) is 0. The van der Waals surface area contributed by atoms with Crippen LogP contribution < -0.4 is 5.32 Å². The minimum absolute atomic E-state index is 0. The van der Waals surface area contributed by atoms with Crippen molar-refractivity contribution in [1.29, 1.82) is 0 Å². The summed E-state index contributed by atoms with van der Waals surface area (Å²) in [5.74, 6) is 0.394. The first kappa shape index (κ1) is 21.1. The molecule has 5 nitrogen and oxygen atoms in total. The van der Waals surface area contributed by atoms with Gasteiger partial charge in [-0.05, 0) is 31.5 Å². The molecule has 1 N–H and O–H groups in total. The second kappa shape index (κ2) is 10.2. The molecule has 0 aliphatic carbocycles. The average molecular weight is 412 g/mol. The van der Waals surface area contributed by atoms with E-state index in [4.69, 9.17) is 4.52 Å². The molecule has 3 aromatic rings.